The molecule has 13 heavy (non-hydrogen) atoms. The van der Waals surface area contributed by atoms with Gasteiger partial charge in [0.15, 0.2) is 0 Å². The van der Waals surface area contributed by atoms with Gasteiger partial charge in [-0.1, -0.05) is 4.40 Å². The Morgan fingerprint density at radius 2 is 2.62 bits per heavy atom. The molecule has 1 rings (SSSR count). The lowest BCUT2D eigenvalue weighted by molar-refractivity contribution is 0.603. The van der Waals surface area contributed by atoms with Gasteiger partial charge in [-0.3, -0.25) is 0 Å². The molecule has 0 aliphatic carbocycles. The summed E-state index contributed by atoms with van der Waals surface area (Å²) in [5.41, 5.74) is 2.38. The quantitative estimate of drug-likeness (QED) is 0.630. The van der Waals surface area contributed by atoms with Crippen LogP contribution in [0.2, 0.25) is 0 Å². The molecule has 0 amide bonds. The summed E-state index contributed by atoms with van der Waals surface area (Å²) in [7, 11) is 0. The van der Waals surface area contributed by atoms with Crippen LogP contribution in [-0.2, 0) is 11.4 Å². The average Bonchev–Trinajstić information content (AvgIpc) is 2.47. The number of halogens is 1. The summed E-state index contributed by atoms with van der Waals surface area (Å²) in [5, 5.41) is 0. The van der Waals surface area contributed by atoms with Gasteiger partial charge in [-0.25, -0.2) is 4.98 Å². The molecule has 0 N–H and O–H groups in total. The number of hydrogen-bond acceptors (Lipinski definition) is 4. The molecule has 1 heterocycles. The van der Waals surface area contributed by atoms with Crippen LogP contribution < -0.4 is 0 Å². The first-order valence-corrected chi connectivity index (χ1v) is 6.09. The first-order valence-electron chi connectivity index (χ1n) is 3.31. The second-order valence-electron chi connectivity index (χ2n) is 2.20. The van der Waals surface area contributed by atoms with Crippen molar-refractivity contribution >= 4 is 44.8 Å². The van der Waals surface area contributed by atoms with Crippen LogP contribution in [0.3, 0.4) is 0 Å². The van der Waals surface area contributed by atoms with E-state index in [1.54, 1.807) is 12.4 Å². The summed E-state index contributed by atoms with van der Waals surface area (Å²) in [5.74, 6) is 0. The Morgan fingerprint density at radius 1 is 1.92 bits per heavy atom. The number of nitrogens with zero attached hydrogens (tertiary/aromatic N) is 2. The number of aromatic nitrogens is 1. The van der Waals surface area contributed by atoms with E-state index in [-0.39, 0.29) is 0 Å². The summed E-state index contributed by atoms with van der Waals surface area (Å²) in [6.07, 6.45) is 1.48. The Bertz CT molecular complexity index is 337. The third kappa shape index (κ3) is 3.22. The summed E-state index contributed by atoms with van der Waals surface area (Å²) in [4.78, 5) is 4.54. The minimum atomic E-state index is -1.35. The molecule has 1 unspecified atom stereocenters. The standard InChI is InChI=1S/C7H7BrN2OS2/c1-5(2)13(11)10-3-6-7(8)12-4-9-6/h3-4H,1H2,2H3. The van der Waals surface area contributed by atoms with Gasteiger partial charge < -0.3 is 4.55 Å². The lowest BCUT2D eigenvalue weighted by atomic mass is 10.6. The molecule has 0 saturated carbocycles. The molecule has 1 atom stereocenters. The minimum absolute atomic E-state index is 0.530. The van der Waals surface area contributed by atoms with E-state index in [9.17, 15) is 4.55 Å². The lowest BCUT2D eigenvalue weighted by Gasteiger charge is -1.98. The zero-order valence-corrected chi connectivity index (χ0v) is 10.1. The van der Waals surface area contributed by atoms with E-state index in [4.69, 9.17) is 0 Å². The zero-order valence-electron chi connectivity index (χ0n) is 6.86. The van der Waals surface area contributed by atoms with Crippen molar-refractivity contribution in [3.8, 4) is 0 Å². The third-order valence-electron chi connectivity index (χ3n) is 1.12. The maximum atomic E-state index is 11.1. The van der Waals surface area contributed by atoms with Gasteiger partial charge in [0.05, 0.1) is 9.30 Å². The van der Waals surface area contributed by atoms with Crippen molar-refractivity contribution in [1.82, 2.24) is 4.98 Å². The van der Waals surface area contributed by atoms with Crippen molar-refractivity contribution in [3.63, 3.8) is 0 Å². The average molecular weight is 279 g/mol. The van der Waals surface area contributed by atoms with E-state index in [0.29, 0.717) is 10.6 Å². The Morgan fingerprint density at radius 3 is 3.08 bits per heavy atom. The molecule has 0 fully saturated rings. The van der Waals surface area contributed by atoms with Gasteiger partial charge in [-0.05, 0) is 22.5 Å². The smallest absolute Gasteiger partial charge is 0.149 e. The number of rotatable bonds is 3. The van der Waals surface area contributed by atoms with E-state index >= 15 is 0 Å². The van der Waals surface area contributed by atoms with Crippen LogP contribution in [0.25, 0.3) is 0 Å². The number of hydrogen-bond donors (Lipinski definition) is 0. The van der Waals surface area contributed by atoms with Crippen molar-refractivity contribution in [1.29, 1.82) is 0 Å². The van der Waals surface area contributed by atoms with Crippen LogP contribution in [-0.4, -0.2) is 15.8 Å². The fourth-order valence-corrected chi connectivity index (χ4v) is 1.83. The van der Waals surface area contributed by atoms with Gasteiger partial charge in [-0.2, -0.15) is 0 Å². The number of thiazole rings is 1. The topological polar surface area (TPSA) is 48.3 Å². The Kier molecular flexibility index (Phi) is 4.11. The molecule has 3 nitrogen and oxygen atoms in total. The molecular weight excluding hydrogens is 272 g/mol. The predicted molar refractivity (Wildman–Crippen MR) is 60.4 cm³/mol. The molecule has 0 aliphatic heterocycles. The molecule has 1 aromatic rings. The van der Waals surface area contributed by atoms with Crippen LogP contribution in [0, 0.1) is 0 Å². The van der Waals surface area contributed by atoms with Crippen LogP contribution in [0.1, 0.15) is 12.6 Å². The highest BCUT2D eigenvalue weighted by atomic mass is 79.9. The molecule has 6 heteroatoms. The predicted octanol–water partition coefficient (Wildman–Crippen LogP) is 2.52. The molecule has 0 saturated heterocycles. The van der Waals surface area contributed by atoms with E-state index in [1.807, 2.05) is 0 Å². The summed E-state index contributed by atoms with van der Waals surface area (Å²) < 4.78 is 15.8. The molecule has 0 spiro atoms. The van der Waals surface area contributed by atoms with Gasteiger partial charge in [0.2, 0.25) is 0 Å². The normalized spacial score (nSPS) is 13.5. The Balaban J connectivity index is 2.69. The second kappa shape index (κ2) is 4.90. The van der Waals surface area contributed by atoms with E-state index in [1.165, 1.54) is 17.6 Å². The number of allylic oxidation sites excluding steroid dienone is 1. The highest BCUT2D eigenvalue weighted by molar-refractivity contribution is 9.11. The second-order valence-corrected chi connectivity index (χ2v) is 5.78. The largest absolute Gasteiger partial charge is 0.586 e. The Hall–Kier alpha value is -0.170. The molecule has 70 valence electrons. The first kappa shape index (κ1) is 10.9. The van der Waals surface area contributed by atoms with Crippen LogP contribution in [0.5, 0.6) is 0 Å². The maximum absolute atomic E-state index is 11.1. The maximum Gasteiger partial charge on any atom is 0.149 e. The van der Waals surface area contributed by atoms with Crippen molar-refractivity contribution < 1.29 is 4.55 Å². The monoisotopic (exact) mass is 278 g/mol. The molecule has 0 aromatic carbocycles. The van der Waals surface area contributed by atoms with E-state index < -0.39 is 11.4 Å². The van der Waals surface area contributed by atoms with Crippen LogP contribution >= 0.6 is 27.3 Å². The highest BCUT2D eigenvalue weighted by Gasteiger charge is 2.05. The molecule has 0 radical (unpaired) electrons. The van der Waals surface area contributed by atoms with Crippen molar-refractivity contribution in [3.05, 3.63) is 26.5 Å². The SMILES string of the molecule is C=C(C)[S+]([O-])N=Cc1ncsc1Br. The van der Waals surface area contributed by atoms with E-state index in [0.717, 1.165) is 3.79 Å². The van der Waals surface area contributed by atoms with E-state index in [2.05, 4.69) is 31.9 Å². The van der Waals surface area contributed by atoms with Crippen molar-refractivity contribution in [2.45, 2.75) is 6.92 Å². The van der Waals surface area contributed by atoms with Crippen molar-refractivity contribution in [2.75, 3.05) is 0 Å². The molecular formula is C7H7BrN2OS2. The fraction of sp³-hybridized carbons (Fsp3) is 0.143. The highest BCUT2D eigenvalue weighted by Crippen LogP contribution is 2.19. The fourth-order valence-electron chi connectivity index (χ4n) is 0.512. The summed E-state index contributed by atoms with van der Waals surface area (Å²) in [6, 6.07) is 0. The Labute approximate surface area is 92.1 Å². The zero-order chi connectivity index (χ0) is 9.84. The lowest BCUT2D eigenvalue weighted by Crippen LogP contribution is -1.96. The van der Waals surface area contributed by atoms with Gasteiger partial charge in [-0.15, -0.1) is 11.3 Å². The van der Waals surface area contributed by atoms with Gasteiger partial charge in [0, 0.05) is 6.92 Å². The molecule has 0 aliphatic rings. The summed E-state index contributed by atoms with van der Waals surface area (Å²) >= 11 is 3.41. The van der Waals surface area contributed by atoms with Crippen LogP contribution in [0.4, 0.5) is 0 Å². The van der Waals surface area contributed by atoms with Gasteiger partial charge >= 0.3 is 0 Å². The van der Waals surface area contributed by atoms with Crippen LogP contribution in [0.15, 0.2) is 25.2 Å². The van der Waals surface area contributed by atoms with Gasteiger partial charge in [0.25, 0.3) is 0 Å². The minimum Gasteiger partial charge on any atom is -0.586 e. The molecule has 0 bridgehead atoms. The van der Waals surface area contributed by atoms with Crippen molar-refractivity contribution in [2.24, 2.45) is 4.40 Å². The first-order chi connectivity index (χ1) is 6.11. The third-order valence-corrected chi connectivity index (χ3v) is 3.61. The molecule has 1 aromatic heterocycles. The van der Waals surface area contributed by atoms with Gasteiger partial charge in [0.1, 0.15) is 28.2 Å². The summed E-state index contributed by atoms with van der Waals surface area (Å²) in [6.45, 7) is 5.20.